The van der Waals surface area contributed by atoms with Crippen LogP contribution in [0.15, 0.2) is 15.6 Å². The molecule has 0 fully saturated rings. The second-order valence-corrected chi connectivity index (χ2v) is 7.42. The number of hydrogen-bond acceptors (Lipinski definition) is 6. The third-order valence-corrected chi connectivity index (χ3v) is 5.59. The van der Waals surface area contributed by atoms with E-state index < -0.39 is 10.0 Å². The van der Waals surface area contributed by atoms with Crippen LogP contribution in [0.25, 0.3) is 0 Å². The van der Waals surface area contributed by atoms with Gasteiger partial charge in [0.1, 0.15) is 5.84 Å². The number of thiazole rings is 1. The molecule has 1 aromatic heterocycles. The summed E-state index contributed by atoms with van der Waals surface area (Å²) in [7, 11) is -2.11. The van der Waals surface area contributed by atoms with Gasteiger partial charge in [0.25, 0.3) is 10.0 Å². The van der Waals surface area contributed by atoms with E-state index in [2.05, 4.69) is 10.1 Å². The first-order chi connectivity index (χ1) is 8.28. The summed E-state index contributed by atoms with van der Waals surface area (Å²) in [6.07, 6.45) is 1.33. The number of amidine groups is 1. The topological polar surface area (TPSA) is 109 Å². The van der Waals surface area contributed by atoms with Crippen LogP contribution in [0.4, 0.5) is 0 Å². The lowest BCUT2D eigenvalue weighted by molar-refractivity contribution is 0.312. The highest BCUT2D eigenvalue weighted by molar-refractivity contribution is 7.91. The molecule has 0 aliphatic heterocycles. The van der Waals surface area contributed by atoms with E-state index in [0.717, 1.165) is 11.3 Å². The molecule has 1 heterocycles. The van der Waals surface area contributed by atoms with E-state index in [4.69, 9.17) is 10.9 Å². The Morgan fingerprint density at radius 1 is 1.72 bits per heavy atom. The van der Waals surface area contributed by atoms with Gasteiger partial charge >= 0.3 is 0 Å². The fourth-order valence-electron chi connectivity index (χ4n) is 1.29. The molecule has 0 spiro atoms. The van der Waals surface area contributed by atoms with Gasteiger partial charge in [0, 0.05) is 19.5 Å². The molecular weight excluding hydrogens is 276 g/mol. The van der Waals surface area contributed by atoms with Gasteiger partial charge in [0.15, 0.2) is 4.21 Å². The summed E-state index contributed by atoms with van der Waals surface area (Å²) in [5.41, 5.74) is 5.42. The SMILES string of the molecule is Cc1ncc(S(=O)(=O)N(C)CC(C)C(N)=NO)s1. The van der Waals surface area contributed by atoms with Crippen LogP contribution < -0.4 is 5.73 Å². The predicted octanol–water partition coefficient (Wildman–Crippen LogP) is 0.455. The zero-order valence-electron chi connectivity index (χ0n) is 10.4. The molecule has 0 aliphatic rings. The van der Waals surface area contributed by atoms with Crippen LogP contribution in [0.1, 0.15) is 11.9 Å². The molecule has 0 saturated carbocycles. The lowest BCUT2D eigenvalue weighted by atomic mass is 10.2. The Kier molecular flexibility index (Phi) is 4.65. The second kappa shape index (κ2) is 5.63. The molecule has 0 aliphatic carbocycles. The van der Waals surface area contributed by atoms with Gasteiger partial charge in [0.2, 0.25) is 0 Å². The minimum absolute atomic E-state index is 0.00228. The summed E-state index contributed by atoms with van der Waals surface area (Å²) in [6, 6.07) is 0. The molecular formula is C9H16N4O3S2. The molecule has 0 aromatic carbocycles. The molecule has 7 nitrogen and oxygen atoms in total. The number of nitrogens with two attached hydrogens (primary N) is 1. The van der Waals surface area contributed by atoms with Crippen molar-refractivity contribution in [3.8, 4) is 0 Å². The van der Waals surface area contributed by atoms with Crippen LogP contribution in [0.3, 0.4) is 0 Å². The number of sulfonamides is 1. The maximum Gasteiger partial charge on any atom is 0.253 e. The van der Waals surface area contributed by atoms with Gasteiger partial charge in [-0.05, 0) is 6.92 Å². The lowest BCUT2D eigenvalue weighted by Crippen LogP contribution is -2.36. The fraction of sp³-hybridized carbons (Fsp3) is 0.556. The first-order valence-corrected chi connectivity index (χ1v) is 7.41. The van der Waals surface area contributed by atoms with Crippen molar-refractivity contribution in [1.29, 1.82) is 0 Å². The quantitative estimate of drug-likeness (QED) is 0.354. The molecule has 1 atom stereocenters. The van der Waals surface area contributed by atoms with E-state index in [0.29, 0.717) is 5.01 Å². The van der Waals surface area contributed by atoms with Crippen molar-refractivity contribution in [2.75, 3.05) is 13.6 Å². The zero-order chi connectivity index (χ0) is 13.9. The van der Waals surface area contributed by atoms with Gasteiger partial charge in [0.05, 0.1) is 11.2 Å². The first kappa shape index (κ1) is 14.9. The Morgan fingerprint density at radius 3 is 2.78 bits per heavy atom. The molecule has 0 amide bonds. The van der Waals surface area contributed by atoms with E-state index in [1.165, 1.54) is 17.5 Å². The average Bonchev–Trinajstić information content (AvgIpc) is 2.75. The molecule has 1 aromatic rings. The lowest BCUT2D eigenvalue weighted by Gasteiger charge is -2.19. The van der Waals surface area contributed by atoms with Gasteiger partial charge < -0.3 is 10.9 Å². The monoisotopic (exact) mass is 292 g/mol. The minimum atomic E-state index is -3.56. The van der Waals surface area contributed by atoms with Crippen molar-refractivity contribution < 1.29 is 13.6 Å². The van der Waals surface area contributed by atoms with Crippen molar-refractivity contribution in [3.63, 3.8) is 0 Å². The fourth-order valence-corrected chi connectivity index (χ4v) is 3.87. The first-order valence-electron chi connectivity index (χ1n) is 5.15. The molecule has 3 N–H and O–H groups in total. The van der Waals surface area contributed by atoms with Crippen LogP contribution in [-0.4, -0.2) is 42.3 Å². The van der Waals surface area contributed by atoms with Gasteiger partial charge in [-0.1, -0.05) is 12.1 Å². The number of aryl methyl sites for hydroxylation is 1. The van der Waals surface area contributed by atoms with Crippen LogP contribution in [-0.2, 0) is 10.0 Å². The normalized spacial score (nSPS) is 15.0. The highest BCUT2D eigenvalue weighted by Gasteiger charge is 2.25. The summed E-state index contributed by atoms with van der Waals surface area (Å²) in [5.74, 6) is -0.374. The van der Waals surface area contributed by atoms with Crippen LogP contribution in [0.5, 0.6) is 0 Å². The molecule has 1 rings (SSSR count). The molecule has 18 heavy (non-hydrogen) atoms. The predicted molar refractivity (Wildman–Crippen MR) is 69.2 cm³/mol. The number of oxime groups is 1. The molecule has 0 saturated heterocycles. The molecule has 9 heteroatoms. The standard InChI is InChI=1S/C9H16N4O3S2/c1-6(9(10)12-14)5-13(3)18(15,16)8-4-11-7(2)17-8/h4,6,14H,5H2,1-3H3,(H2,10,12). The van der Waals surface area contributed by atoms with Crippen LogP contribution in [0.2, 0.25) is 0 Å². The smallest absolute Gasteiger partial charge is 0.253 e. The Morgan fingerprint density at radius 2 is 2.33 bits per heavy atom. The van der Waals surface area contributed by atoms with Crippen molar-refractivity contribution in [2.24, 2.45) is 16.8 Å². The van der Waals surface area contributed by atoms with E-state index >= 15 is 0 Å². The Hall–Kier alpha value is -1.19. The average molecular weight is 292 g/mol. The largest absolute Gasteiger partial charge is 0.409 e. The third kappa shape index (κ3) is 3.18. The van der Waals surface area contributed by atoms with E-state index in [1.807, 2.05) is 0 Å². The summed E-state index contributed by atoms with van der Waals surface area (Å²) in [4.78, 5) is 3.92. The third-order valence-electron chi connectivity index (χ3n) is 2.42. The Bertz CT molecular complexity index is 538. The summed E-state index contributed by atoms with van der Waals surface area (Å²) < 4.78 is 25.6. The maximum atomic E-state index is 12.1. The maximum absolute atomic E-state index is 12.1. The number of aromatic nitrogens is 1. The van der Waals surface area contributed by atoms with Gasteiger partial charge in [-0.2, -0.15) is 4.31 Å². The molecule has 102 valence electrons. The van der Waals surface area contributed by atoms with Gasteiger partial charge in [-0.15, -0.1) is 11.3 Å². The van der Waals surface area contributed by atoms with Crippen molar-refractivity contribution in [1.82, 2.24) is 9.29 Å². The summed E-state index contributed by atoms with van der Waals surface area (Å²) in [5, 5.41) is 12.1. The number of nitrogens with zero attached hydrogens (tertiary/aromatic N) is 3. The van der Waals surface area contributed by atoms with Crippen molar-refractivity contribution in [2.45, 2.75) is 18.1 Å². The van der Waals surface area contributed by atoms with Gasteiger partial charge in [-0.25, -0.2) is 13.4 Å². The van der Waals surface area contributed by atoms with Gasteiger partial charge in [-0.3, -0.25) is 0 Å². The number of rotatable bonds is 5. The van der Waals surface area contributed by atoms with Crippen LogP contribution >= 0.6 is 11.3 Å². The summed E-state index contributed by atoms with van der Waals surface area (Å²) >= 11 is 1.11. The highest BCUT2D eigenvalue weighted by atomic mass is 32.2. The Labute approximate surface area is 110 Å². The van der Waals surface area contributed by atoms with Crippen molar-refractivity contribution in [3.05, 3.63) is 11.2 Å². The van der Waals surface area contributed by atoms with E-state index in [9.17, 15) is 8.42 Å². The number of hydrogen-bond donors (Lipinski definition) is 2. The molecule has 0 radical (unpaired) electrons. The van der Waals surface area contributed by atoms with E-state index in [1.54, 1.807) is 13.8 Å². The summed E-state index contributed by atoms with van der Waals surface area (Å²) in [6.45, 7) is 3.55. The van der Waals surface area contributed by atoms with Crippen molar-refractivity contribution >= 4 is 27.2 Å². The Balaban J connectivity index is 2.87. The zero-order valence-corrected chi connectivity index (χ0v) is 12.0. The van der Waals surface area contributed by atoms with E-state index in [-0.39, 0.29) is 22.5 Å². The highest BCUT2D eigenvalue weighted by Crippen LogP contribution is 2.21. The molecule has 1 unspecified atom stereocenters. The molecule has 0 bridgehead atoms. The minimum Gasteiger partial charge on any atom is -0.409 e. The second-order valence-electron chi connectivity index (χ2n) is 3.91. The van der Waals surface area contributed by atoms with Crippen LogP contribution in [0, 0.1) is 12.8 Å².